The highest BCUT2D eigenvalue weighted by atomic mass is 32.2. The molecular weight excluding hydrogens is 431 g/mol. The van der Waals surface area contributed by atoms with Gasteiger partial charge in [-0.05, 0) is 61.4 Å². The van der Waals surface area contributed by atoms with Crippen molar-refractivity contribution in [3.63, 3.8) is 0 Å². The number of sulfonamides is 1. The van der Waals surface area contributed by atoms with Crippen molar-refractivity contribution >= 4 is 21.9 Å². The number of nitrogens with zero attached hydrogens (tertiary/aromatic N) is 1. The Kier molecular flexibility index (Phi) is 6.88. The molecule has 11 heteroatoms. The normalized spacial score (nSPS) is 19.5. The lowest BCUT2D eigenvalue weighted by Crippen LogP contribution is -2.54. The van der Waals surface area contributed by atoms with Gasteiger partial charge in [-0.25, -0.2) is 18.3 Å². The molecule has 0 saturated carbocycles. The third kappa shape index (κ3) is 5.01. The number of hydroxylamine groups is 1. The highest BCUT2D eigenvalue weighted by Gasteiger charge is 2.42. The summed E-state index contributed by atoms with van der Waals surface area (Å²) in [6.45, 7) is -0.103. The topological polar surface area (TPSA) is 122 Å². The first-order chi connectivity index (χ1) is 14.8. The molecule has 0 aromatic heterocycles. The summed E-state index contributed by atoms with van der Waals surface area (Å²) in [6, 6.07) is 9.55. The van der Waals surface area contributed by atoms with E-state index < -0.39 is 39.7 Å². The van der Waals surface area contributed by atoms with E-state index in [9.17, 15) is 22.4 Å². The molecule has 0 bridgehead atoms. The number of ether oxygens (including phenoxy) is 2. The Morgan fingerprint density at radius 2 is 1.68 bits per heavy atom. The number of carbonyl (C=O) groups is 2. The molecule has 31 heavy (non-hydrogen) atoms. The fraction of sp³-hybridized carbons (Fsp3) is 0.300. The zero-order chi connectivity index (χ0) is 22.6. The molecule has 0 unspecified atom stereocenters. The van der Waals surface area contributed by atoms with E-state index in [1.54, 1.807) is 0 Å². The van der Waals surface area contributed by atoms with Crippen LogP contribution in [-0.4, -0.2) is 49.5 Å². The highest BCUT2D eigenvalue weighted by molar-refractivity contribution is 7.89. The SMILES string of the molecule is COC(=O)[C@@H]1CCN(S(=O)(=O)c2ccc(Oc3ccc(F)cc3)cc2)[C@@H](C(=O)NO)C1. The van der Waals surface area contributed by atoms with Crippen molar-refractivity contribution in [1.82, 2.24) is 9.79 Å². The summed E-state index contributed by atoms with van der Waals surface area (Å²) in [7, 11) is -2.90. The summed E-state index contributed by atoms with van der Waals surface area (Å²) in [5.74, 6) is -1.85. The monoisotopic (exact) mass is 452 g/mol. The van der Waals surface area contributed by atoms with Crippen LogP contribution in [0.3, 0.4) is 0 Å². The minimum absolute atomic E-state index is 0.0915. The zero-order valence-electron chi connectivity index (χ0n) is 16.5. The highest BCUT2D eigenvalue weighted by Crippen LogP contribution is 2.31. The van der Waals surface area contributed by atoms with Gasteiger partial charge in [-0.2, -0.15) is 4.31 Å². The third-order valence-corrected chi connectivity index (χ3v) is 6.90. The number of benzene rings is 2. The van der Waals surface area contributed by atoms with E-state index in [4.69, 9.17) is 9.94 Å². The third-order valence-electron chi connectivity index (χ3n) is 4.98. The first-order valence-corrected chi connectivity index (χ1v) is 10.8. The van der Waals surface area contributed by atoms with Gasteiger partial charge in [0.15, 0.2) is 0 Å². The lowest BCUT2D eigenvalue weighted by atomic mass is 9.92. The van der Waals surface area contributed by atoms with Crippen LogP contribution in [0.5, 0.6) is 11.5 Å². The molecule has 0 spiro atoms. The van der Waals surface area contributed by atoms with E-state index in [0.29, 0.717) is 11.5 Å². The van der Waals surface area contributed by atoms with E-state index in [1.165, 1.54) is 61.1 Å². The molecule has 1 fully saturated rings. The molecule has 2 atom stereocenters. The second-order valence-corrected chi connectivity index (χ2v) is 8.77. The quantitative estimate of drug-likeness (QED) is 0.391. The molecule has 3 rings (SSSR count). The van der Waals surface area contributed by atoms with Crippen molar-refractivity contribution in [2.75, 3.05) is 13.7 Å². The predicted molar refractivity (Wildman–Crippen MR) is 105 cm³/mol. The van der Waals surface area contributed by atoms with Crippen molar-refractivity contribution in [3.8, 4) is 11.5 Å². The largest absolute Gasteiger partial charge is 0.469 e. The summed E-state index contributed by atoms with van der Waals surface area (Å²) in [4.78, 5) is 23.9. The smallest absolute Gasteiger partial charge is 0.308 e. The van der Waals surface area contributed by atoms with E-state index in [2.05, 4.69) is 4.74 Å². The van der Waals surface area contributed by atoms with Crippen LogP contribution in [0.2, 0.25) is 0 Å². The zero-order valence-corrected chi connectivity index (χ0v) is 17.3. The van der Waals surface area contributed by atoms with Crippen molar-refractivity contribution in [2.45, 2.75) is 23.8 Å². The van der Waals surface area contributed by atoms with Gasteiger partial charge in [0, 0.05) is 6.54 Å². The van der Waals surface area contributed by atoms with E-state index in [-0.39, 0.29) is 24.3 Å². The molecule has 9 nitrogen and oxygen atoms in total. The molecule has 166 valence electrons. The van der Waals surface area contributed by atoms with Crippen LogP contribution in [0.15, 0.2) is 53.4 Å². The number of rotatable bonds is 6. The van der Waals surface area contributed by atoms with Gasteiger partial charge < -0.3 is 9.47 Å². The molecule has 1 heterocycles. The number of nitrogens with one attached hydrogen (secondary N) is 1. The van der Waals surface area contributed by atoms with Crippen LogP contribution in [0, 0.1) is 11.7 Å². The minimum atomic E-state index is -4.11. The molecule has 1 saturated heterocycles. The molecule has 2 aromatic carbocycles. The van der Waals surface area contributed by atoms with Crippen LogP contribution in [0.25, 0.3) is 0 Å². The van der Waals surface area contributed by atoms with Crippen molar-refractivity contribution in [2.24, 2.45) is 5.92 Å². The first kappa shape index (κ1) is 22.7. The Morgan fingerprint density at radius 3 is 2.23 bits per heavy atom. The van der Waals surface area contributed by atoms with Crippen LogP contribution >= 0.6 is 0 Å². The van der Waals surface area contributed by atoms with E-state index >= 15 is 0 Å². The van der Waals surface area contributed by atoms with Gasteiger partial charge in [-0.1, -0.05) is 0 Å². The molecule has 0 radical (unpaired) electrons. The standard InChI is InChI=1S/C20H21FN2O7S/c1-29-20(25)13-10-11-23(18(12-13)19(24)22-26)31(27,28)17-8-6-16(7-9-17)30-15-4-2-14(21)3-5-15/h2-9,13,18,26H,10-12H2,1H3,(H,22,24)/t13-,18-/m1/s1. The Hall–Kier alpha value is -3.02. The Balaban J connectivity index is 1.81. The second-order valence-electron chi connectivity index (χ2n) is 6.88. The van der Waals surface area contributed by atoms with Gasteiger partial charge in [0.05, 0.1) is 17.9 Å². The Morgan fingerprint density at radius 1 is 1.10 bits per heavy atom. The predicted octanol–water partition coefficient (Wildman–Crippen LogP) is 2.07. The molecule has 0 aliphatic carbocycles. The maximum atomic E-state index is 13.1. The van der Waals surface area contributed by atoms with Gasteiger partial charge in [0.25, 0.3) is 5.91 Å². The van der Waals surface area contributed by atoms with Gasteiger partial charge in [0.1, 0.15) is 23.4 Å². The van der Waals surface area contributed by atoms with Crippen LogP contribution in [-0.2, 0) is 24.3 Å². The second kappa shape index (κ2) is 9.41. The van der Waals surface area contributed by atoms with E-state index in [0.717, 1.165) is 4.31 Å². The summed E-state index contributed by atoms with van der Waals surface area (Å²) < 4.78 is 50.5. The summed E-state index contributed by atoms with van der Waals surface area (Å²) >= 11 is 0. The van der Waals surface area contributed by atoms with Gasteiger partial charge in [-0.15, -0.1) is 0 Å². The molecular formula is C20H21FN2O7S. The van der Waals surface area contributed by atoms with Crippen LogP contribution < -0.4 is 10.2 Å². The van der Waals surface area contributed by atoms with Crippen LogP contribution in [0.1, 0.15) is 12.8 Å². The average Bonchev–Trinajstić information content (AvgIpc) is 2.79. The molecule has 1 amide bonds. The number of amides is 1. The molecule has 1 aliphatic heterocycles. The first-order valence-electron chi connectivity index (χ1n) is 9.33. The fourth-order valence-corrected chi connectivity index (χ4v) is 4.99. The number of halogens is 1. The summed E-state index contributed by atoms with van der Waals surface area (Å²) in [5, 5.41) is 9.04. The number of methoxy groups -OCH3 is 1. The molecule has 1 aliphatic rings. The van der Waals surface area contributed by atoms with Gasteiger partial charge in [-0.3, -0.25) is 14.8 Å². The number of hydrogen-bond acceptors (Lipinski definition) is 7. The van der Waals surface area contributed by atoms with Gasteiger partial charge >= 0.3 is 5.97 Å². The maximum absolute atomic E-state index is 13.1. The number of hydrogen-bond donors (Lipinski definition) is 2. The molecule has 2 aromatic rings. The lowest BCUT2D eigenvalue weighted by molar-refractivity contribution is -0.148. The van der Waals surface area contributed by atoms with Crippen molar-refractivity contribution < 1.29 is 37.1 Å². The van der Waals surface area contributed by atoms with Crippen molar-refractivity contribution in [1.29, 1.82) is 0 Å². The molecule has 2 N–H and O–H groups in total. The minimum Gasteiger partial charge on any atom is -0.469 e. The van der Waals surface area contributed by atoms with Crippen LogP contribution in [0.4, 0.5) is 4.39 Å². The average molecular weight is 452 g/mol. The lowest BCUT2D eigenvalue weighted by Gasteiger charge is -2.36. The fourth-order valence-electron chi connectivity index (χ4n) is 3.38. The van der Waals surface area contributed by atoms with Crippen molar-refractivity contribution in [3.05, 3.63) is 54.3 Å². The van der Waals surface area contributed by atoms with E-state index in [1.807, 2.05) is 0 Å². The number of piperidine rings is 1. The number of carbonyl (C=O) groups excluding carboxylic acids is 2. The van der Waals surface area contributed by atoms with Gasteiger partial charge in [0.2, 0.25) is 10.0 Å². The Bertz CT molecular complexity index is 1040. The summed E-state index contributed by atoms with van der Waals surface area (Å²) in [5.41, 5.74) is 1.46. The maximum Gasteiger partial charge on any atom is 0.308 e. The summed E-state index contributed by atoms with van der Waals surface area (Å²) in [6.07, 6.45) is 0.0525. The number of esters is 1. The Labute approximate surface area is 178 Å².